The van der Waals surface area contributed by atoms with Gasteiger partial charge in [-0.05, 0) is 24.6 Å². The van der Waals surface area contributed by atoms with Gasteiger partial charge in [-0.2, -0.15) is 0 Å². The highest BCUT2D eigenvalue weighted by molar-refractivity contribution is 7.12. The maximum absolute atomic E-state index is 10.3. The Morgan fingerprint density at radius 3 is 3.06 bits per heavy atom. The minimum absolute atomic E-state index is 0.617. The van der Waals surface area contributed by atoms with Gasteiger partial charge in [0.2, 0.25) is 0 Å². The monoisotopic (exact) mass is 240 g/mol. The largest absolute Gasteiger partial charge is 0.478 e. The summed E-state index contributed by atoms with van der Waals surface area (Å²) in [6.45, 7) is 3.53. The van der Waals surface area contributed by atoms with Gasteiger partial charge in [0.25, 0.3) is 0 Å². The quantitative estimate of drug-likeness (QED) is 0.588. The highest BCUT2D eigenvalue weighted by atomic mass is 32.1. The van der Waals surface area contributed by atoms with Gasteiger partial charge in [-0.1, -0.05) is 13.3 Å². The van der Waals surface area contributed by atoms with E-state index < -0.39 is 5.97 Å². The van der Waals surface area contributed by atoms with Crippen LogP contribution < -0.4 is 0 Å². The van der Waals surface area contributed by atoms with E-state index in [9.17, 15) is 4.79 Å². The lowest BCUT2D eigenvalue weighted by Crippen LogP contribution is -1.92. The van der Waals surface area contributed by atoms with Crippen LogP contribution in [0.2, 0.25) is 0 Å². The molecule has 3 nitrogen and oxygen atoms in total. The van der Waals surface area contributed by atoms with Crippen molar-refractivity contribution in [2.24, 2.45) is 0 Å². The molecule has 0 saturated heterocycles. The van der Waals surface area contributed by atoms with Crippen molar-refractivity contribution in [3.8, 4) is 0 Å². The fourth-order valence-corrected chi connectivity index (χ4v) is 1.99. The van der Waals surface area contributed by atoms with Crippen molar-refractivity contribution < 1.29 is 14.6 Å². The Hall–Kier alpha value is -1.13. The van der Waals surface area contributed by atoms with Gasteiger partial charge in [0.05, 0.1) is 6.61 Å². The molecular weight excluding hydrogens is 224 g/mol. The van der Waals surface area contributed by atoms with Gasteiger partial charge in [-0.15, -0.1) is 11.3 Å². The summed E-state index contributed by atoms with van der Waals surface area (Å²) in [4.78, 5) is 12.4. The molecule has 1 rings (SSSR count). The standard InChI is InChI=1S/C12H16O3S/c1-2-3-8-15-9-11-5-4-10(16-11)6-7-12(13)14/h4-7H,2-3,8-9H2,1H3,(H,13,14). The maximum atomic E-state index is 10.3. The van der Waals surface area contributed by atoms with E-state index in [0.717, 1.165) is 35.3 Å². The highest BCUT2D eigenvalue weighted by Gasteiger charge is 1.98. The molecule has 88 valence electrons. The van der Waals surface area contributed by atoms with Crippen molar-refractivity contribution in [1.82, 2.24) is 0 Å². The van der Waals surface area contributed by atoms with Crippen molar-refractivity contribution >= 4 is 23.4 Å². The number of hydrogen-bond donors (Lipinski definition) is 1. The van der Waals surface area contributed by atoms with Crippen molar-refractivity contribution in [3.63, 3.8) is 0 Å². The number of rotatable bonds is 7. The third kappa shape index (κ3) is 5.09. The van der Waals surface area contributed by atoms with Gasteiger partial charge in [0.15, 0.2) is 0 Å². The minimum atomic E-state index is -0.922. The first-order chi connectivity index (χ1) is 7.72. The number of thiophene rings is 1. The molecular formula is C12H16O3S. The Morgan fingerprint density at radius 1 is 1.56 bits per heavy atom. The molecule has 0 spiro atoms. The molecule has 1 N–H and O–H groups in total. The topological polar surface area (TPSA) is 46.5 Å². The Morgan fingerprint density at radius 2 is 2.38 bits per heavy atom. The molecule has 4 heteroatoms. The average Bonchev–Trinajstić information content (AvgIpc) is 2.70. The molecule has 0 atom stereocenters. The summed E-state index contributed by atoms with van der Waals surface area (Å²) in [5, 5.41) is 8.48. The van der Waals surface area contributed by atoms with Crippen LogP contribution in [0.15, 0.2) is 18.2 Å². The maximum Gasteiger partial charge on any atom is 0.328 e. The first kappa shape index (κ1) is 12.9. The molecule has 0 bridgehead atoms. The molecule has 0 aliphatic rings. The van der Waals surface area contributed by atoms with E-state index in [-0.39, 0.29) is 0 Å². The van der Waals surface area contributed by atoms with Gasteiger partial charge < -0.3 is 9.84 Å². The summed E-state index contributed by atoms with van der Waals surface area (Å²) in [6, 6.07) is 3.88. The number of unbranched alkanes of at least 4 members (excludes halogenated alkanes) is 1. The second kappa shape index (κ2) is 7.19. The zero-order valence-electron chi connectivity index (χ0n) is 9.31. The molecule has 0 saturated carbocycles. The fourth-order valence-electron chi connectivity index (χ4n) is 1.13. The van der Waals surface area contributed by atoms with Crippen molar-refractivity contribution in [1.29, 1.82) is 0 Å². The molecule has 0 aromatic carbocycles. The summed E-state index contributed by atoms with van der Waals surface area (Å²) in [7, 11) is 0. The third-order valence-corrected chi connectivity index (χ3v) is 2.98. The van der Waals surface area contributed by atoms with E-state index in [0.29, 0.717) is 6.61 Å². The summed E-state index contributed by atoms with van der Waals surface area (Å²) < 4.78 is 5.47. The second-order valence-corrected chi connectivity index (χ2v) is 4.58. The van der Waals surface area contributed by atoms with Crippen LogP contribution >= 0.6 is 11.3 Å². The van der Waals surface area contributed by atoms with Gasteiger partial charge in [-0.3, -0.25) is 0 Å². The van der Waals surface area contributed by atoms with Crippen molar-refractivity contribution in [2.75, 3.05) is 6.61 Å². The van der Waals surface area contributed by atoms with Gasteiger partial charge >= 0.3 is 5.97 Å². The molecule has 0 fully saturated rings. The Bertz CT molecular complexity index is 355. The average molecular weight is 240 g/mol. The van der Waals surface area contributed by atoms with Crippen LogP contribution in [-0.4, -0.2) is 17.7 Å². The van der Waals surface area contributed by atoms with E-state index >= 15 is 0 Å². The van der Waals surface area contributed by atoms with E-state index in [4.69, 9.17) is 9.84 Å². The van der Waals surface area contributed by atoms with Crippen LogP contribution in [0.4, 0.5) is 0 Å². The lowest BCUT2D eigenvalue weighted by atomic mass is 10.3. The zero-order valence-corrected chi connectivity index (χ0v) is 10.1. The van der Waals surface area contributed by atoms with Crippen LogP contribution in [-0.2, 0) is 16.1 Å². The highest BCUT2D eigenvalue weighted by Crippen LogP contribution is 2.18. The SMILES string of the molecule is CCCCOCc1ccc(C=CC(=O)O)s1. The first-order valence-corrected chi connectivity index (χ1v) is 6.11. The first-order valence-electron chi connectivity index (χ1n) is 5.30. The van der Waals surface area contributed by atoms with Crippen LogP contribution in [0, 0.1) is 0 Å². The predicted molar refractivity (Wildman–Crippen MR) is 65.6 cm³/mol. The summed E-state index contributed by atoms with van der Waals surface area (Å²) in [6.07, 6.45) is 4.96. The van der Waals surface area contributed by atoms with Gasteiger partial charge in [0, 0.05) is 22.4 Å². The Labute approximate surface area is 99.4 Å². The summed E-state index contributed by atoms with van der Waals surface area (Å²) in [5.74, 6) is -0.922. The summed E-state index contributed by atoms with van der Waals surface area (Å²) >= 11 is 1.56. The second-order valence-electron chi connectivity index (χ2n) is 3.38. The number of carbonyl (C=O) groups is 1. The molecule has 0 unspecified atom stereocenters. The summed E-state index contributed by atoms with van der Waals surface area (Å²) in [5.41, 5.74) is 0. The zero-order chi connectivity index (χ0) is 11.8. The number of carboxylic acids is 1. The van der Waals surface area contributed by atoms with Crippen LogP contribution in [0.5, 0.6) is 0 Å². The van der Waals surface area contributed by atoms with E-state index in [1.165, 1.54) is 0 Å². The van der Waals surface area contributed by atoms with Crippen LogP contribution in [0.3, 0.4) is 0 Å². The fraction of sp³-hybridized carbons (Fsp3) is 0.417. The smallest absolute Gasteiger partial charge is 0.328 e. The number of carboxylic acid groups (broad SMARTS) is 1. The number of hydrogen-bond acceptors (Lipinski definition) is 3. The van der Waals surface area contributed by atoms with E-state index in [1.54, 1.807) is 17.4 Å². The lowest BCUT2D eigenvalue weighted by molar-refractivity contribution is -0.131. The van der Waals surface area contributed by atoms with Crippen LogP contribution in [0.25, 0.3) is 6.08 Å². The third-order valence-electron chi connectivity index (χ3n) is 1.96. The molecule has 1 aromatic heterocycles. The van der Waals surface area contributed by atoms with Crippen molar-refractivity contribution in [3.05, 3.63) is 28.0 Å². The molecule has 16 heavy (non-hydrogen) atoms. The van der Waals surface area contributed by atoms with E-state index in [2.05, 4.69) is 6.92 Å². The molecule has 0 aliphatic heterocycles. The van der Waals surface area contributed by atoms with Crippen molar-refractivity contribution in [2.45, 2.75) is 26.4 Å². The predicted octanol–water partition coefficient (Wildman–Crippen LogP) is 3.16. The lowest BCUT2D eigenvalue weighted by Gasteiger charge is -1.99. The van der Waals surface area contributed by atoms with E-state index in [1.807, 2.05) is 12.1 Å². The Kier molecular flexibility index (Phi) is 5.82. The molecule has 0 radical (unpaired) electrons. The van der Waals surface area contributed by atoms with Crippen LogP contribution in [0.1, 0.15) is 29.5 Å². The number of aliphatic carboxylic acids is 1. The molecule has 1 aromatic rings. The Balaban J connectivity index is 2.36. The minimum Gasteiger partial charge on any atom is -0.478 e. The molecule has 0 aliphatic carbocycles. The molecule has 0 amide bonds. The van der Waals surface area contributed by atoms with Gasteiger partial charge in [0.1, 0.15) is 0 Å². The molecule has 1 heterocycles. The normalized spacial score (nSPS) is 11.1. The van der Waals surface area contributed by atoms with Gasteiger partial charge in [-0.25, -0.2) is 4.79 Å². The number of ether oxygens (including phenoxy) is 1.